The highest BCUT2D eigenvalue weighted by Gasteiger charge is 2.31. The van der Waals surface area contributed by atoms with E-state index >= 15 is 0 Å². The Balaban J connectivity index is 1.93. The molecule has 0 aliphatic heterocycles. The SMILES string of the molecule is O=C(CN(c1ccccc1F)S(=O)(=O)c1ccccc1)Nc1cccc(C(F)(F)F)c1. The van der Waals surface area contributed by atoms with Crippen LogP contribution in [-0.4, -0.2) is 20.9 Å². The molecule has 0 aromatic heterocycles. The number of amides is 1. The van der Waals surface area contributed by atoms with Gasteiger partial charge in [0.05, 0.1) is 16.1 Å². The minimum Gasteiger partial charge on any atom is -0.325 e. The van der Waals surface area contributed by atoms with Crippen molar-refractivity contribution in [3.8, 4) is 0 Å². The molecule has 0 unspecified atom stereocenters. The fourth-order valence-electron chi connectivity index (χ4n) is 2.78. The molecule has 162 valence electrons. The highest BCUT2D eigenvalue weighted by atomic mass is 32.2. The van der Waals surface area contributed by atoms with Gasteiger partial charge in [-0.1, -0.05) is 36.4 Å². The predicted molar refractivity (Wildman–Crippen MR) is 107 cm³/mol. The van der Waals surface area contributed by atoms with E-state index in [-0.39, 0.29) is 16.3 Å². The number of alkyl halides is 3. The van der Waals surface area contributed by atoms with Gasteiger partial charge in [0.1, 0.15) is 12.4 Å². The summed E-state index contributed by atoms with van der Waals surface area (Å²) in [6.07, 6.45) is -4.61. The molecular weight excluding hydrogens is 436 g/mol. The fraction of sp³-hybridized carbons (Fsp3) is 0.0952. The van der Waals surface area contributed by atoms with E-state index in [9.17, 15) is 30.8 Å². The van der Waals surface area contributed by atoms with E-state index < -0.39 is 40.0 Å². The van der Waals surface area contributed by atoms with Gasteiger partial charge in [-0.15, -0.1) is 0 Å². The molecule has 3 aromatic carbocycles. The monoisotopic (exact) mass is 452 g/mol. The van der Waals surface area contributed by atoms with Crippen LogP contribution in [0.3, 0.4) is 0 Å². The Morgan fingerprint density at radius 1 is 0.903 bits per heavy atom. The lowest BCUT2D eigenvalue weighted by atomic mass is 10.2. The lowest BCUT2D eigenvalue weighted by molar-refractivity contribution is -0.137. The third-order valence-corrected chi connectivity index (χ3v) is 5.99. The number of carbonyl (C=O) groups excluding carboxylic acids is 1. The molecule has 31 heavy (non-hydrogen) atoms. The maximum absolute atomic E-state index is 14.4. The van der Waals surface area contributed by atoms with Crippen LogP contribution in [0.15, 0.2) is 83.8 Å². The predicted octanol–water partition coefficient (Wildman–Crippen LogP) is 4.68. The summed E-state index contributed by atoms with van der Waals surface area (Å²) >= 11 is 0. The van der Waals surface area contributed by atoms with Crippen molar-refractivity contribution in [1.29, 1.82) is 0 Å². The van der Waals surface area contributed by atoms with Crippen LogP contribution in [0.1, 0.15) is 5.56 Å². The molecule has 0 aliphatic carbocycles. The molecule has 10 heteroatoms. The standard InChI is InChI=1S/C21H16F4N2O3S/c22-18-11-4-5-12-19(18)27(31(29,30)17-9-2-1-3-10-17)14-20(28)26-16-8-6-7-15(13-16)21(23,24)25/h1-13H,14H2,(H,26,28). The van der Waals surface area contributed by atoms with E-state index in [0.29, 0.717) is 4.31 Å². The third kappa shape index (κ3) is 5.21. The highest BCUT2D eigenvalue weighted by Crippen LogP contribution is 2.31. The van der Waals surface area contributed by atoms with E-state index in [4.69, 9.17) is 0 Å². The number of benzene rings is 3. The quantitative estimate of drug-likeness (QED) is 0.553. The van der Waals surface area contributed by atoms with Crippen LogP contribution in [0, 0.1) is 5.82 Å². The molecule has 0 spiro atoms. The first-order valence-corrected chi connectivity index (χ1v) is 10.3. The van der Waals surface area contributed by atoms with Crippen molar-refractivity contribution in [2.75, 3.05) is 16.2 Å². The number of carbonyl (C=O) groups is 1. The van der Waals surface area contributed by atoms with Crippen molar-refractivity contribution >= 4 is 27.3 Å². The fourth-order valence-corrected chi connectivity index (χ4v) is 4.23. The molecule has 0 radical (unpaired) electrons. The first-order valence-electron chi connectivity index (χ1n) is 8.88. The second-order valence-corrected chi connectivity index (χ2v) is 8.27. The van der Waals surface area contributed by atoms with Crippen molar-refractivity contribution < 1.29 is 30.8 Å². The molecule has 0 aliphatic rings. The molecule has 0 saturated heterocycles. The molecule has 1 N–H and O–H groups in total. The minimum atomic E-state index is -4.61. The average Bonchev–Trinajstić information content (AvgIpc) is 2.73. The number of para-hydroxylation sites is 1. The van der Waals surface area contributed by atoms with Crippen LogP contribution < -0.4 is 9.62 Å². The number of hydrogen-bond donors (Lipinski definition) is 1. The Labute approximate surface area is 176 Å². The van der Waals surface area contributed by atoms with Gasteiger partial charge in [-0.25, -0.2) is 12.8 Å². The lowest BCUT2D eigenvalue weighted by Gasteiger charge is -2.24. The largest absolute Gasteiger partial charge is 0.416 e. The summed E-state index contributed by atoms with van der Waals surface area (Å²) in [5.41, 5.74) is -1.52. The molecular formula is C21H16F4N2O3S. The summed E-state index contributed by atoms with van der Waals surface area (Å²) in [7, 11) is -4.34. The zero-order valence-electron chi connectivity index (χ0n) is 15.8. The van der Waals surface area contributed by atoms with Crippen molar-refractivity contribution in [2.24, 2.45) is 0 Å². The van der Waals surface area contributed by atoms with Gasteiger partial charge in [0, 0.05) is 5.69 Å². The van der Waals surface area contributed by atoms with Gasteiger partial charge < -0.3 is 5.32 Å². The first kappa shape index (κ1) is 22.3. The van der Waals surface area contributed by atoms with Crippen LogP contribution in [0.25, 0.3) is 0 Å². The minimum absolute atomic E-state index is 0.176. The summed E-state index contributed by atoms with van der Waals surface area (Å²) in [6.45, 7) is -0.853. The summed E-state index contributed by atoms with van der Waals surface area (Å²) in [4.78, 5) is 12.3. The van der Waals surface area contributed by atoms with Crippen molar-refractivity contribution in [2.45, 2.75) is 11.1 Å². The molecule has 0 bridgehead atoms. The number of nitrogens with zero attached hydrogens (tertiary/aromatic N) is 1. The second-order valence-electron chi connectivity index (χ2n) is 6.40. The van der Waals surface area contributed by atoms with Gasteiger partial charge in [0.15, 0.2) is 0 Å². The Kier molecular flexibility index (Phi) is 6.30. The Morgan fingerprint density at radius 2 is 1.55 bits per heavy atom. The first-order chi connectivity index (χ1) is 14.6. The third-order valence-electron chi connectivity index (χ3n) is 4.21. The Morgan fingerprint density at radius 3 is 2.19 bits per heavy atom. The van der Waals surface area contributed by atoms with Crippen molar-refractivity contribution in [3.63, 3.8) is 0 Å². The highest BCUT2D eigenvalue weighted by molar-refractivity contribution is 7.92. The van der Waals surface area contributed by atoms with Crippen LogP contribution >= 0.6 is 0 Å². The second kappa shape index (κ2) is 8.76. The number of sulfonamides is 1. The summed E-state index contributed by atoms with van der Waals surface area (Å²) in [6, 6.07) is 16.0. The molecule has 0 atom stereocenters. The summed E-state index contributed by atoms with van der Waals surface area (Å²) < 4.78 is 79.8. The molecule has 0 heterocycles. The maximum atomic E-state index is 14.4. The van der Waals surface area contributed by atoms with E-state index in [1.807, 2.05) is 0 Å². The smallest absolute Gasteiger partial charge is 0.325 e. The van der Waals surface area contributed by atoms with E-state index in [2.05, 4.69) is 5.32 Å². The zero-order chi connectivity index (χ0) is 22.6. The summed E-state index contributed by atoms with van der Waals surface area (Å²) in [5, 5.41) is 2.23. The Hall–Kier alpha value is -3.40. The van der Waals surface area contributed by atoms with Gasteiger partial charge in [-0.05, 0) is 42.5 Å². The number of nitrogens with one attached hydrogen (secondary N) is 1. The number of halogens is 4. The molecule has 3 rings (SSSR count). The van der Waals surface area contributed by atoms with E-state index in [1.54, 1.807) is 6.07 Å². The molecule has 5 nitrogen and oxygen atoms in total. The molecule has 1 amide bonds. The van der Waals surface area contributed by atoms with E-state index in [1.165, 1.54) is 48.5 Å². The van der Waals surface area contributed by atoms with E-state index in [0.717, 1.165) is 24.3 Å². The molecule has 0 saturated carbocycles. The Bertz CT molecular complexity index is 1180. The average molecular weight is 452 g/mol. The van der Waals surface area contributed by atoms with Crippen LogP contribution in [0.4, 0.5) is 28.9 Å². The van der Waals surface area contributed by atoms with Crippen LogP contribution in [-0.2, 0) is 21.0 Å². The summed E-state index contributed by atoms with van der Waals surface area (Å²) in [5.74, 6) is -1.82. The molecule has 0 fully saturated rings. The van der Waals surface area contributed by atoms with Gasteiger partial charge >= 0.3 is 6.18 Å². The number of anilines is 2. The van der Waals surface area contributed by atoms with Crippen molar-refractivity contribution in [3.05, 3.63) is 90.2 Å². The maximum Gasteiger partial charge on any atom is 0.416 e. The normalized spacial score (nSPS) is 11.7. The lowest BCUT2D eigenvalue weighted by Crippen LogP contribution is -2.38. The number of hydrogen-bond acceptors (Lipinski definition) is 3. The van der Waals surface area contributed by atoms with Crippen molar-refractivity contribution in [1.82, 2.24) is 0 Å². The topological polar surface area (TPSA) is 66.5 Å². The zero-order valence-corrected chi connectivity index (χ0v) is 16.6. The van der Waals surface area contributed by atoms with Gasteiger partial charge in [0.25, 0.3) is 10.0 Å². The van der Waals surface area contributed by atoms with Gasteiger partial charge in [0.2, 0.25) is 5.91 Å². The van der Waals surface area contributed by atoms with Crippen LogP contribution in [0.5, 0.6) is 0 Å². The molecule has 3 aromatic rings. The number of rotatable bonds is 6. The van der Waals surface area contributed by atoms with Gasteiger partial charge in [-0.2, -0.15) is 13.2 Å². The van der Waals surface area contributed by atoms with Crippen LogP contribution in [0.2, 0.25) is 0 Å². The van der Waals surface area contributed by atoms with Gasteiger partial charge in [-0.3, -0.25) is 9.10 Å².